The van der Waals surface area contributed by atoms with Gasteiger partial charge in [-0.05, 0) is 12.1 Å². The molecule has 1 aromatic heterocycles. The standard InChI is InChI=1S/C8H12NSi/c1-10(2,3)8-6-4-5-7-9-8/h4-7H,1H2,2-3H3. The maximum absolute atomic E-state index is 4.25. The van der Waals surface area contributed by atoms with E-state index in [1.165, 1.54) is 5.32 Å². The van der Waals surface area contributed by atoms with Crippen LogP contribution in [-0.2, 0) is 0 Å². The number of hydrogen-bond donors (Lipinski definition) is 0. The van der Waals surface area contributed by atoms with Gasteiger partial charge in [-0.2, -0.15) is 0 Å². The van der Waals surface area contributed by atoms with Crippen LogP contribution >= 0.6 is 0 Å². The van der Waals surface area contributed by atoms with E-state index in [-0.39, 0.29) is 0 Å². The molecule has 0 unspecified atom stereocenters. The molecule has 10 heavy (non-hydrogen) atoms. The molecule has 0 aliphatic heterocycles. The lowest BCUT2D eigenvalue weighted by Gasteiger charge is -2.13. The fourth-order valence-electron chi connectivity index (χ4n) is 0.763. The maximum Gasteiger partial charge on any atom is 0.104 e. The molecule has 0 aromatic carbocycles. The van der Waals surface area contributed by atoms with Crippen molar-refractivity contribution >= 4 is 13.4 Å². The molecular weight excluding hydrogens is 138 g/mol. The fraction of sp³-hybridized carbons (Fsp3) is 0.250. The monoisotopic (exact) mass is 150 g/mol. The number of hydrogen-bond acceptors (Lipinski definition) is 1. The van der Waals surface area contributed by atoms with E-state index in [1.54, 1.807) is 0 Å². The lowest BCUT2D eigenvalue weighted by Crippen LogP contribution is -2.40. The zero-order valence-corrected chi connectivity index (χ0v) is 7.46. The lowest BCUT2D eigenvalue weighted by molar-refractivity contribution is 1.37. The quantitative estimate of drug-likeness (QED) is 0.551. The molecule has 0 fully saturated rings. The SMILES string of the molecule is [CH2][Si](C)(C)c1ccccn1. The van der Waals surface area contributed by atoms with Crippen LogP contribution in [0.5, 0.6) is 0 Å². The molecule has 0 aliphatic carbocycles. The average molecular weight is 150 g/mol. The first-order valence-electron chi connectivity index (χ1n) is 3.37. The van der Waals surface area contributed by atoms with Gasteiger partial charge in [-0.3, -0.25) is 4.98 Å². The first kappa shape index (κ1) is 7.47. The molecule has 1 nitrogen and oxygen atoms in total. The van der Waals surface area contributed by atoms with Crippen molar-refractivity contribution in [1.82, 2.24) is 4.98 Å². The summed E-state index contributed by atoms with van der Waals surface area (Å²) in [7, 11) is -1.39. The van der Waals surface area contributed by atoms with Gasteiger partial charge in [-0.25, -0.2) is 0 Å². The van der Waals surface area contributed by atoms with E-state index in [1.807, 2.05) is 18.3 Å². The van der Waals surface area contributed by atoms with Crippen LogP contribution in [0.2, 0.25) is 13.1 Å². The van der Waals surface area contributed by atoms with Crippen LogP contribution in [-0.4, -0.2) is 13.1 Å². The highest BCUT2D eigenvalue weighted by atomic mass is 28.3. The molecular formula is C8H12NSi. The molecule has 0 amide bonds. The Hall–Kier alpha value is -0.633. The lowest BCUT2D eigenvalue weighted by atomic mass is 10.5. The van der Waals surface area contributed by atoms with E-state index in [4.69, 9.17) is 0 Å². The molecule has 0 spiro atoms. The molecule has 53 valence electrons. The van der Waals surface area contributed by atoms with Crippen LogP contribution < -0.4 is 5.32 Å². The van der Waals surface area contributed by atoms with Crippen molar-refractivity contribution in [3.8, 4) is 0 Å². The molecule has 0 saturated heterocycles. The van der Waals surface area contributed by atoms with Gasteiger partial charge < -0.3 is 0 Å². The van der Waals surface area contributed by atoms with Crippen molar-refractivity contribution in [3.05, 3.63) is 30.9 Å². The Morgan fingerprint density at radius 3 is 2.40 bits per heavy atom. The third kappa shape index (κ3) is 1.67. The zero-order chi connectivity index (χ0) is 7.61. The van der Waals surface area contributed by atoms with Crippen LogP contribution in [0.15, 0.2) is 24.4 Å². The maximum atomic E-state index is 4.25. The molecule has 0 saturated carbocycles. The summed E-state index contributed by atoms with van der Waals surface area (Å²) in [6, 6.07) is 6.01. The Balaban J connectivity index is 2.97. The first-order valence-corrected chi connectivity index (χ1v) is 6.58. The number of rotatable bonds is 1. The van der Waals surface area contributed by atoms with Gasteiger partial charge >= 0.3 is 0 Å². The Labute approximate surface area is 63.1 Å². The Bertz CT molecular complexity index is 200. The van der Waals surface area contributed by atoms with E-state index in [0.717, 1.165) is 0 Å². The van der Waals surface area contributed by atoms with Crippen molar-refractivity contribution in [2.24, 2.45) is 0 Å². The summed E-state index contributed by atoms with van der Waals surface area (Å²) in [5.74, 6) is 0. The van der Waals surface area contributed by atoms with E-state index < -0.39 is 8.07 Å². The summed E-state index contributed by atoms with van der Waals surface area (Å²) >= 11 is 0. The summed E-state index contributed by atoms with van der Waals surface area (Å²) in [6.45, 7) is 8.50. The average Bonchev–Trinajstić information content (AvgIpc) is 1.88. The predicted octanol–water partition coefficient (Wildman–Crippen LogP) is 1.37. The normalized spacial score (nSPS) is 11.5. The number of pyridine rings is 1. The minimum absolute atomic E-state index is 1.18. The van der Waals surface area contributed by atoms with Crippen LogP contribution in [0.25, 0.3) is 0 Å². The van der Waals surface area contributed by atoms with Gasteiger partial charge in [-0.1, -0.05) is 25.7 Å². The molecule has 0 aliphatic rings. The van der Waals surface area contributed by atoms with Crippen molar-refractivity contribution in [2.75, 3.05) is 0 Å². The Kier molecular flexibility index (Phi) is 1.90. The van der Waals surface area contributed by atoms with Crippen LogP contribution in [0, 0.1) is 6.55 Å². The van der Waals surface area contributed by atoms with Crippen molar-refractivity contribution in [3.63, 3.8) is 0 Å². The van der Waals surface area contributed by atoms with E-state index in [9.17, 15) is 0 Å². The zero-order valence-electron chi connectivity index (χ0n) is 6.46. The third-order valence-corrected chi connectivity index (χ3v) is 3.04. The smallest absolute Gasteiger partial charge is 0.104 e. The summed E-state index contributed by atoms with van der Waals surface area (Å²) in [6.07, 6.45) is 1.83. The molecule has 1 heterocycles. The van der Waals surface area contributed by atoms with Gasteiger partial charge in [-0.15, -0.1) is 0 Å². The molecule has 1 aromatic rings. The van der Waals surface area contributed by atoms with E-state index >= 15 is 0 Å². The minimum atomic E-state index is -1.39. The highest BCUT2D eigenvalue weighted by molar-refractivity contribution is 6.90. The van der Waals surface area contributed by atoms with Gasteiger partial charge in [0.1, 0.15) is 8.07 Å². The minimum Gasteiger partial charge on any atom is -0.266 e. The number of nitrogens with zero attached hydrogens (tertiary/aromatic N) is 1. The third-order valence-electron chi connectivity index (χ3n) is 1.36. The molecule has 1 rings (SSSR count). The van der Waals surface area contributed by atoms with E-state index in [2.05, 4.69) is 30.7 Å². The summed E-state index contributed by atoms with van der Waals surface area (Å²) in [5.41, 5.74) is 0. The van der Waals surface area contributed by atoms with Gasteiger partial charge in [0.15, 0.2) is 0 Å². The van der Waals surface area contributed by atoms with Crippen molar-refractivity contribution in [2.45, 2.75) is 13.1 Å². The second-order valence-corrected chi connectivity index (χ2v) is 7.38. The molecule has 1 radical (unpaired) electrons. The Morgan fingerprint density at radius 1 is 1.40 bits per heavy atom. The summed E-state index contributed by atoms with van der Waals surface area (Å²) in [4.78, 5) is 4.25. The van der Waals surface area contributed by atoms with Gasteiger partial charge in [0.05, 0.1) is 0 Å². The molecule has 2 heteroatoms. The van der Waals surface area contributed by atoms with Crippen LogP contribution in [0.4, 0.5) is 0 Å². The summed E-state index contributed by atoms with van der Waals surface area (Å²) < 4.78 is 0. The highest BCUT2D eigenvalue weighted by Crippen LogP contribution is 1.96. The number of aromatic nitrogens is 1. The topological polar surface area (TPSA) is 12.9 Å². The van der Waals surface area contributed by atoms with E-state index in [0.29, 0.717) is 0 Å². The predicted molar refractivity (Wildman–Crippen MR) is 46.7 cm³/mol. The van der Waals surface area contributed by atoms with Crippen LogP contribution in [0.1, 0.15) is 0 Å². The highest BCUT2D eigenvalue weighted by Gasteiger charge is 2.16. The van der Waals surface area contributed by atoms with Gasteiger partial charge in [0, 0.05) is 11.5 Å². The van der Waals surface area contributed by atoms with Crippen LogP contribution in [0.3, 0.4) is 0 Å². The second-order valence-electron chi connectivity index (χ2n) is 3.10. The molecule has 0 bridgehead atoms. The summed E-state index contributed by atoms with van der Waals surface area (Å²) in [5, 5.41) is 1.18. The molecule has 0 atom stereocenters. The second kappa shape index (κ2) is 2.54. The van der Waals surface area contributed by atoms with Gasteiger partial charge in [0.25, 0.3) is 0 Å². The van der Waals surface area contributed by atoms with Gasteiger partial charge in [0.2, 0.25) is 0 Å². The fourth-order valence-corrected chi connectivity index (χ4v) is 1.73. The Morgan fingerprint density at radius 2 is 2.10 bits per heavy atom. The molecule has 0 N–H and O–H groups in total. The van der Waals surface area contributed by atoms with Crippen molar-refractivity contribution < 1.29 is 0 Å². The van der Waals surface area contributed by atoms with Crippen molar-refractivity contribution in [1.29, 1.82) is 0 Å². The first-order chi connectivity index (χ1) is 4.61. The largest absolute Gasteiger partial charge is 0.266 e.